The lowest BCUT2D eigenvalue weighted by Gasteiger charge is -2.32. The molecule has 0 bridgehead atoms. The van der Waals surface area contributed by atoms with E-state index in [1.54, 1.807) is 43.3 Å². The van der Waals surface area contributed by atoms with Gasteiger partial charge >= 0.3 is 0 Å². The van der Waals surface area contributed by atoms with Crippen molar-refractivity contribution in [2.24, 2.45) is 0 Å². The van der Waals surface area contributed by atoms with E-state index in [0.29, 0.717) is 32.7 Å². The summed E-state index contributed by atoms with van der Waals surface area (Å²) in [5.74, 6) is -0.499. The lowest BCUT2D eigenvalue weighted by Crippen LogP contribution is -2.50. The van der Waals surface area contributed by atoms with E-state index < -0.39 is 16.1 Å². The summed E-state index contributed by atoms with van der Waals surface area (Å²) >= 11 is 18.5. The van der Waals surface area contributed by atoms with E-state index in [2.05, 4.69) is 5.32 Å². The maximum absolute atomic E-state index is 13.5. The number of halogens is 3. The van der Waals surface area contributed by atoms with Gasteiger partial charge in [0.05, 0.1) is 22.0 Å². The Morgan fingerprint density at radius 1 is 1.00 bits per heavy atom. The zero-order valence-corrected chi connectivity index (χ0v) is 25.5. The largest absolute Gasteiger partial charge is 0.352 e. The van der Waals surface area contributed by atoms with Crippen molar-refractivity contribution in [3.05, 3.63) is 62.6 Å². The Morgan fingerprint density at radius 2 is 1.68 bits per heavy atom. The van der Waals surface area contributed by atoms with Gasteiger partial charge in [0.1, 0.15) is 6.04 Å². The smallest absolute Gasteiger partial charge is 0.243 e. The summed E-state index contributed by atoms with van der Waals surface area (Å²) in [6, 6.07) is 9.43. The summed E-state index contributed by atoms with van der Waals surface area (Å²) in [6.07, 6.45) is 2.58. The molecule has 2 amide bonds. The molecule has 0 aromatic heterocycles. The van der Waals surface area contributed by atoms with Gasteiger partial charge in [-0.05, 0) is 68.5 Å². The first-order valence-corrected chi connectivity index (χ1v) is 15.5. The number of carbonyl (C=O) groups is 2. The third-order valence-electron chi connectivity index (χ3n) is 6.38. The van der Waals surface area contributed by atoms with Crippen LogP contribution in [-0.2, 0) is 26.2 Å². The number of nitrogens with zero attached hydrogens (tertiary/aromatic N) is 2. The number of hydrogen-bond acceptors (Lipinski definition) is 4. The van der Waals surface area contributed by atoms with Crippen LogP contribution in [0.5, 0.6) is 0 Å². The highest BCUT2D eigenvalue weighted by atomic mass is 35.5. The molecule has 210 valence electrons. The highest BCUT2D eigenvalue weighted by Gasteiger charge is 2.29. The Bertz CT molecular complexity index is 1240. The number of sulfonamides is 1. The van der Waals surface area contributed by atoms with Crippen molar-refractivity contribution < 1.29 is 18.0 Å². The van der Waals surface area contributed by atoms with E-state index in [1.165, 1.54) is 9.21 Å². The Balaban J connectivity index is 2.29. The van der Waals surface area contributed by atoms with Crippen molar-refractivity contribution in [3.8, 4) is 0 Å². The normalized spacial score (nSPS) is 13.1. The van der Waals surface area contributed by atoms with Crippen LogP contribution in [0.4, 0.5) is 5.69 Å². The predicted octanol–water partition coefficient (Wildman–Crippen LogP) is 6.22. The van der Waals surface area contributed by atoms with Gasteiger partial charge in [-0.2, -0.15) is 0 Å². The molecular weight excluding hydrogens is 569 g/mol. The predicted molar refractivity (Wildman–Crippen MR) is 157 cm³/mol. The van der Waals surface area contributed by atoms with Crippen molar-refractivity contribution in [2.75, 3.05) is 17.1 Å². The van der Waals surface area contributed by atoms with Crippen LogP contribution in [-0.4, -0.2) is 50.0 Å². The minimum atomic E-state index is -3.63. The Hall–Kier alpha value is -2.00. The second kappa shape index (κ2) is 14.4. The van der Waals surface area contributed by atoms with E-state index in [9.17, 15) is 18.0 Å². The lowest BCUT2D eigenvalue weighted by molar-refractivity contribution is -0.141. The van der Waals surface area contributed by atoms with Gasteiger partial charge in [-0.1, -0.05) is 60.8 Å². The minimum absolute atomic E-state index is 0.0391. The van der Waals surface area contributed by atoms with Crippen LogP contribution in [0.2, 0.25) is 15.1 Å². The van der Waals surface area contributed by atoms with Crippen molar-refractivity contribution in [3.63, 3.8) is 0 Å². The van der Waals surface area contributed by atoms with Gasteiger partial charge in [0.15, 0.2) is 0 Å². The van der Waals surface area contributed by atoms with Crippen molar-refractivity contribution in [2.45, 2.75) is 72.0 Å². The Labute approximate surface area is 241 Å². The van der Waals surface area contributed by atoms with E-state index in [4.69, 9.17) is 34.8 Å². The van der Waals surface area contributed by atoms with Gasteiger partial charge in [0.2, 0.25) is 21.8 Å². The first-order chi connectivity index (χ1) is 17.8. The van der Waals surface area contributed by atoms with Gasteiger partial charge < -0.3 is 10.2 Å². The minimum Gasteiger partial charge on any atom is -0.352 e. The molecule has 0 aliphatic heterocycles. The van der Waals surface area contributed by atoms with Crippen LogP contribution in [0.25, 0.3) is 0 Å². The summed E-state index contributed by atoms with van der Waals surface area (Å²) in [5.41, 5.74) is 1.84. The topological polar surface area (TPSA) is 86.8 Å². The molecule has 0 fully saturated rings. The molecule has 0 aliphatic carbocycles. The first-order valence-electron chi connectivity index (χ1n) is 12.6. The molecule has 7 nitrogen and oxygen atoms in total. The van der Waals surface area contributed by atoms with E-state index in [0.717, 1.165) is 18.2 Å². The Morgan fingerprint density at radius 3 is 2.26 bits per heavy atom. The molecule has 0 heterocycles. The zero-order chi connectivity index (χ0) is 28.6. The molecule has 38 heavy (non-hydrogen) atoms. The number of benzene rings is 2. The lowest BCUT2D eigenvalue weighted by atomic mass is 10.1. The number of hydrogen-bond donors (Lipinski definition) is 1. The number of nitrogens with one attached hydrogen (secondary N) is 1. The van der Waals surface area contributed by atoms with E-state index in [-0.39, 0.29) is 43.8 Å². The SMILES string of the molecule is CC[C@H](C)NC(=O)[C@H](CC)N(Cc1ccc(Cl)c(Cl)c1)C(=O)CCCN(c1cccc(Cl)c1C)S(C)(=O)=O. The van der Waals surface area contributed by atoms with Gasteiger partial charge in [-0.15, -0.1) is 0 Å². The maximum Gasteiger partial charge on any atom is 0.243 e. The molecule has 0 spiro atoms. The van der Waals surface area contributed by atoms with Crippen LogP contribution in [0.3, 0.4) is 0 Å². The summed E-state index contributed by atoms with van der Waals surface area (Å²) in [7, 11) is -3.63. The summed E-state index contributed by atoms with van der Waals surface area (Å²) in [5, 5.41) is 4.18. The summed E-state index contributed by atoms with van der Waals surface area (Å²) < 4.78 is 26.4. The summed E-state index contributed by atoms with van der Waals surface area (Å²) in [4.78, 5) is 28.2. The average molecular weight is 605 g/mol. The molecule has 0 aliphatic rings. The van der Waals surface area contributed by atoms with Gasteiger partial charge in [-0.25, -0.2) is 8.42 Å². The van der Waals surface area contributed by atoms with Crippen LogP contribution >= 0.6 is 34.8 Å². The molecule has 0 unspecified atom stereocenters. The number of rotatable bonds is 13. The van der Waals surface area contributed by atoms with Crippen molar-refractivity contribution in [1.82, 2.24) is 10.2 Å². The maximum atomic E-state index is 13.5. The summed E-state index contributed by atoms with van der Waals surface area (Å²) in [6.45, 7) is 7.73. The molecule has 1 N–H and O–H groups in total. The van der Waals surface area contributed by atoms with E-state index in [1.807, 2.05) is 20.8 Å². The fourth-order valence-electron chi connectivity index (χ4n) is 4.04. The number of anilines is 1. The molecule has 0 saturated heterocycles. The molecule has 11 heteroatoms. The van der Waals surface area contributed by atoms with Crippen LogP contribution in [0, 0.1) is 6.92 Å². The molecule has 0 saturated carbocycles. The zero-order valence-electron chi connectivity index (χ0n) is 22.4. The van der Waals surface area contributed by atoms with Crippen LogP contribution in [0.15, 0.2) is 36.4 Å². The molecule has 2 aromatic rings. The average Bonchev–Trinajstić information content (AvgIpc) is 2.85. The fraction of sp³-hybridized carbons (Fsp3) is 0.481. The van der Waals surface area contributed by atoms with Gasteiger partial charge in [0, 0.05) is 30.6 Å². The molecule has 2 rings (SSSR count). The Kier molecular flexibility index (Phi) is 12.2. The molecule has 2 aromatic carbocycles. The van der Waals surface area contributed by atoms with Gasteiger partial charge in [-0.3, -0.25) is 13.9 Å². The third-order valence-corrected chi connectivity index (χ3v) is 8.71. The number of carbonyl (C=O) groups excluding carboxylic acids is 2. The first kappa shape index (κ1) is 32.2. The second-order valence-corrected chi connectivity index (χ2v) is 12.5. The standard InChI is InChI=1S/C27H36Cl3N3O4S/c1-6-18(3)31-27(35)24(7-2)32(17-20-13-14-22(29)23(30)16-20)26(34)12-9-15-33(38(5,36)37)25-11-8-10-21(28)19(25)4/h8,10-11,13-14,16,18,24H,6-7,9,12,15,17H2,1-5H3,(H,31,35)/t18-,24-/m0/s1. The van der Waals surface area contributed by atoms with Gasteiger partial charge in [0.25, 0.3) is 0 Å². The number of amides is 2. The molecule has 2 atom stereocenters. The fourth-order valence-corrected chi connectivity index (χ4v) is 5.55. The highest BCUT2D eigenvalue weighted by Crippen LogP contribution is 2.29. The van der Waals surface area contributed by atoms with E-state index >= 15 is 0 Å². The van der Waals surface area contributed by atoms with Crippen LogP contribution < -0.4 is 9.62 Å². The third kappa shape index (κ3) is 8.76. The monoisotopic (exact) mass is 603 g/mol. The van der Waals surface area contributed by atoms with Crippen molar-refractivity contribution in [1.29, 1.82) is 0 Å². The molecule has 0 radical (unpaired) electrons. The molecular formula is C27H36Cl3N3O4S. The quantitative estimate of drug-likeness (QED) is 0.294. The van der Waals surface area contributed by atoms with Crippen LogP contribution in [0.1, 0.15) is 57.6 Å². The van der Waals surface area contributed by atoms with Crippen molar-refractivity contribution >= 4 is 62.3 Å². The highest BCUT2D eigenvalue weighted by molar-refractivity contribution is 7.92. The second-order valence-electron chi connectivity index (χ2n) is 9.33.